The first-order valence-corrected chi connectivity index (χ1v) is 10.7. The van der Waals surface area contributed by atoms with Crippen molar-refractivity contribution < 1.29 is 13.2 Å². The van der Waals surface area contributed by atoms with Crippen molar-refractivity contribution in [3.8, 4) is 0 Å². The van der Waals surface area contributed by atoms with Crippen molar-refractivity contribution in [3.05, 3.63) is 51.8 Å². The van der Waals surface area contributed by atoms with Crippen LogP contribution in [0, 0.1) is 20.8 Å². The fourth-order valence-electron chi connectivity index (χ4n) is 2.94. The first-order valence-electron chi connectivity index (χ1n) is 8.31. The molecule has 0 aliphatic carbocycles. The lowest BCUT2D eigenvalue weighted by molar-refractivity contribution is 0.0957. The van der Waals surface area contributed by atoms with Gasteiger partial charge in [0.1, 0.15) is 10.7 Å². The monoisotopic (exact) mass is 404 g/mol. The molecule has 142 valence electrons. The van der Waals surface area contributed by atoms with E-state index in [1.54, 1.807) is 12.1 Å². The number of nitrogens with two attached hydrogens (primary N) is 1. The minimum atomic E-state index is -3.69. The highest BCUT2D eigenvalue weighted by Gasteiger charge is 2.18. The predicted molar refractivity (Wildman–Crippen MR) is 105 cm³/mol. The van der Waals surface area contributed by atoms with E-state index in [0.29, 0.717) is 23.7 Å². The molecule has 2 heterocycles. The van der Waals surface area contributed by atoms with Crippen molar-refractivity contribution in [3.63, 3.8) is 0 Å². The van der Waals surface area contributed by atoms with Crippen LogP contribution >= 0.6 is 11.3 Å². The van der Waals surface area contributed by atoms with E-state index in [1.807, 2.05) is 20.8 Å². The maximum absolute atomic E-state index is 12.6. The molecule has 0 spiro atoms. The fourth-order valence-corrected chi connectivity index (χ4v) is 4.65. The van der Waals surface area contributed by atoms with E-state index in [4.69, 9.17) is 5.14 Å². The molecule has 0 bridgehead atoms. The Morgan fingerprint density at radius 2 is 1.81 bits per heavy atom. The van der Waals surface area contributed by atoms with Gasteiger partial charge in [-0.2, -0.15) is 0 Å². The van der Waals surface area contributed by atoms with Gasteiger partial charge in [0.25, 0.3) is 5.91 Å². The predicted octanol–water partition coefficient (Wildman–Crippen LogP) is 2.24. The van der Waals surface area contributed by atoms with Gasteiger partial charge in [-0.15, -0.1) is 11.3 Å². The van der Waals surface area contributed by atoms with Crippen molar-refractivity contribution in [1.29, 1.82) is 0 Å². The van der Waals surface area contributed by atoms with Gasteiger partial charge in [0.05, 0.1) is 9.77 Å². The molecule has 0 atom stereocenters. The summed E-state index contributed by atoms with van der Waals surface area (Å²) in [7, 11) is -3.69. The van der Waals surface area contributed by atoms with Gasteiger partial charge in [-0.05, 0) is 50.5 Å². The number of thiophene rings is 1. The molecule has 0 saturated heterocycles. The molecule has 0 unspecified atom stereocenters. The lowest BCUT2D eigenvalue weighted by Gasteiger charge is -2.06. The summed E-state index contributed by atoms with van der Waals surface area (Å²) in [4.78, 5) is 22.9. The average molecular weight is 405 g/mol. The number of sulfonamides is 1. The Bertz CT molecular complexity index is 1120. The Hall–Kier alpha value is -2.36. The van der Waals surface area contributed by atoms with Crippen molar-refractivity contribution in [1.82, 2.24) is 15.3 Å². The van der Waals surface area contributed by atoms with Gasteiger partial charge in [0.2, 0.25) is 10.0 Å². The summed E-state index contributed by atoms with van der Waals surface area (Å²) in [6, 6.07) is 6.31. The van der Waals surface area contributed by atoms with Crippen molar-refractivity contribution in [2.45, 2.75) is 32.1 Å². The third kappa shape index (κ3) is 4.15. The zero-order valence-corrected chi connectivity index (χ0v) is 16.9. The molecule has 7 nitrogen and oxygen atoms in total. The largest absolute Gasteiger partial charge is 0.351 e. The number of aryl methyl sites for hydroxylation is 3. The highest BCUT2D eigenvalue weighted by molar-refractivity contribution is 7.89. The molecule has 9 heteroatoms. The van der Waals surface area contributed by atoms with Gasteiger partial charge < -0.3 is 5.32 Å². The average Bonchev–Trinajstić information content (AvgIpc) is 2.91. The molecule has 3 aromatic rings. The van der Waals surface area contributed by atoms with Gasteiger partial charge >= 0.3 is 0 Å². The fraction of sp³-hybridized carbons (Fsp3) is 0.278. The number of fused-ring (bicyclic) bond motifs is 1. The van der Waals surface area contributed by atoms with Gasteiger partial charge in [0.15, 0.2) is 0 Å². The number of hydrogen-bond acceptors (Lipinski definition) is 6. The third-order valence-electron chi connectivity index (χ3n) is 4.24. The second kappa shape index (κ2) is 7.34. The van der Waals surface area contributed by atoms with Gasteiger partial charge in [-0.25, -0.2) is 23.5 Å². The first kappa shape index (κ1) is 19.4. The second-order valence-corrected chi connectivity index (χ2v) is 8.85. The number of hydrogen-bond donors (Lipinski definition) is 2. The summed E-state index contributed by atoms with van der Waals surface area (Å²) in [6.07, 6.45) is 0.582. The van der Waals surface area contributed by atoms with E-state index in [9.17, 15) is 13.2 Å². The van der Waals surface area contributed by atoms with Crippen LogP contribution in [0.5, 0.6) is 0 Å². The van der Waals surface area contributed by atoms with Crippen LogP contribution in [-0.2, 0) is 16.4 Å². The highest BCUT2D eigenvalue weighted by atomic mass is 32.2. The van der Waals surface area contributed by atoms with Crippen molar-refractivity contribution in [2.75, 3.05) is 6.54 Å². The molecular weight excluding hydrogens is 384 g/mol. The quantitative estimate of drug-likeness (QED) is 0.677. The molecule has 3 rings (SSSR count). The number of nitrogens with one attached hydrogen (secondary N) is 1. The Kier molecular flexibility index (Phi) is 5.27. The molecule has 0 aliphatic heterocycles. The number of carbonyl (C=O) groups is 1. The number of amides is 1. The van der Waals surface area contributed by atoms with Crippen LogP contribution in [0.15, 0.2) is 29.2 Å². The van der Waals surface area contributed by atoms with Crippen molar-refractivity contribution in [2.24, 2.45) is 5.14 Å². The van der Waals surface area contributed by atoms with Crippen LogP contribution in [0.25, 0.3) is 10.2 Å². The molecule has 2 aromatic heterocycles. The zero-order chi connectivity index (χ0) is 19.8. The smallest absolute Gasteiger partial charge is 0.261 e. The topological polar surface area (TPSA) is 115 Å². The molecule has 0 fully saturated rings. The summed E-state index contributed by atoms with van der Waals surface area (Å²) in [5.41, 5.74) is 2.68. The molecular formula is C18H20N4O3S2. The number of benzene rings is 1. The van der Waals surface area contributed by atoms with Crippen LogP contribution < -0.4 is 10.5 Å². The summed E-state index contributed by atoms with van der Waals surface area (Å²) >= 11 is 1.37. The summed E-state index contributed by atoms with van der Waals surface area (Å²) in [6.45, 7) is 6.10. The molecule has 3 N–H and O–H groups in total. The lowest BCUT2D eigenvalue weighted by atomic mass is 10.1. The normalized spacial score (nSPS) is 11.7. The number of aromatic nitrogens is 2. The number of nitrogens with zero attached hydrogens (tertiary/aromatic N) is 2. The Balaban J connectivity index is 1.69. The molecule has 1 amide bonds. The molecule has 0 aliphatic rings. The van der Waals surface area contributed by atoms with Crippen molar-refractivity contribution >= 4 is 37.5 Å². The van der Waals surface area contributed by atoms with E-state index < -0.39 is 10.0 Å². The first-order chi connectivity index (χ1) is 12.7. The van der Waals surface area contributed by atoms with Gasteiger partial charge in [-0.1, -0.05) is 12.1 Å². The number of carbonyl (C=O) groups excluding carboxylic acids is 1. The van der Waals surface area contributed by atoms with E-state index >= 15 is 0 Å². The minimum absolute atomic E-state index is 0.0722. The standard InChI is InChI=1S/C18H20N4O3S2/c1-10-15-11(2)21-12(3)22-18(15)26-16(10)17(23)20-9-8-13-4-6-14(7-5-13)27(19,24)25/h4-7H,8-9H2,1-3H3,(H,20,23)(H2,19,24,25). The minimum Gasteiger partial charge on any atom is -0.351 e. The zero-order valence-electron chi connectivity index (χ0n) is 15.2. The van der Waals surface area contributed by atoms with Crippen LogP contribution in [0.1, 0.15) is 32.3 Å². The summed E-state index contributed by atoms with van der Waals surface area (Å²) in [5.74, 6) is 0.546. The maximum Gasteiger partial charge on any atom is 0.261 e. The molecule has 1 aromatic carbocycles. The van der Waals surface area contributed by atoms with E-state index in [2.05, 4.69) is 15.3 Å². The lowest BCUT2D eigenvalue weighted by Crippen LogP contribution is -2.25. The van der Waals surface area contributed by atoms with Crippen LogP contribution in [-0.4, -0.2) is 30.8 Å². The van der Waals surface area contributed by atoms with E-state index in [-0.39, 0.29) is 10.8 Å². The van der Waals surface area contributed by atoms with Gasteiger partial charge in [-0.3, -0.25) is 4.79 Å². The summed E-state index contributed by atoms with van der Waals surface area (Å²) < 4.78 is 22.5. The third-order valence-corrected chi connectivity index (χ3v) is 6.35. The van der Waals surface area contributed by atoms with Crippen LogP contribution in [0.2, 0.25) is 0 Å². The Morgan fingerprint density at radius 1 is 1.15 bits per heavy atom. The summed E-state index contributed by atoms with van der Waals surface area (Å²) in [5, 5.41) is 8.93. The number of primary sulfonamides is 1. The van der Waals surface area contributed by atoms with E-state index in [1.165, 1.54) is 23.5 Å². The van der Waals surface area contributed by atoms with Crippen LogP contribution in [0.3, 0.4) is 0 Å². The van der Waals surface area contributed by atoms with Crippen LogP contribution in [0.4, 0.5) is 0 Å². The van der Waals surface area contributed by atoms with E-state index in [0.717, 1.165) is 27.0 Å². The number of rotatable bonds is 5. The molecule has 27 heavy (non-hydrogen) atoms. The SMILES string of the molecule is Cc1nc(C)c2c(C)c(C(=O)NCCc3ccc(S(N)(=O)=O)cc3)sc2n1. The molecule has 0 saturated carbocycles. The Labute approximate surface area is 161 Å². The second-order valence-electron chi connectivity index (χ2n) is 6.29. The Morgan fingerprint density at radius 3 is 2.44 bits per heavy atom. The maximum atomic E-state index is 12.6. The highest BCUT2D eigenvalue weighted by Crippen LogP contribution is 2.31. The molecule has 0 radical (unpaired) electrons. The van der Waals surface area contributed by atoms with Gasteiger partial charge in [0, 0.05) is 17.6 Å².